The van der Waals surface area contributed by atoms with Crippen LogP contribution in [0.15, 0.2) is 72.8 Å². The van der Waals surface area contributed by atoms with E-state index in [1.165, 1.54) is 33.4 Å². The van der Waals surface area contributed by atoms with Crippen LogP contribution in [0.1, 0.15) is 30.9 Å². The molecule has 0 bridgehead atoms. The van der Waals surface area contributed by atoms with Gasteiger partial charge in [0.1, 0.15) is 0 Å². The van der Waals surface area contributed by atoms with Crippen molar-refractivity contribution >= 4 is 0 Å². The number of aryl methyl sites for hydroxylation is 1. The van der Waals surface area contributed by atoms with Crippen LogP contribution in [0.5, 0.6) is 0 Å². The number of hydrogen-bond acceptors (Lipinski definition) is 0. The number of rotatable bonds is 3. The first-order valence-electron chi connectivity index (χ1n) is 7.93. The molecule has 0 aliphatic rings. The highest BCUT2D eigenvalue weighted by Gasteiger charge is 2.14. The molecule has 0 aliphatic carbocycles. The first kappa shape index (κ1) is 14.6. The van der Waals surface area contributed by atoms with Gasteiger partial charge in [-0.25, -0.2) is 0 Å². The van der Waals surface area contributed by atoms with Gasteiger partial charge in [-0.3, -0.25) is 0 Å². The molecule has 0 heteroatoms. The molecule has 0 saturated heterocycles. The van der Waals surface area contributed by atoms with Crippen molar-refractivity contribution in [2.45, 2.75) is 26.7 Å². The van der Waals surface area contributed by atoms with E-state index in [1.54, 1.807) is 0 Å². The first-order chi connectivity index (χ1) is 10.7. The second kappa shape index (κ2) is 6.19. The average molecular weight is 286 g/mol. The van der Waals surface area contributed by atoms with Crippen molar-refractivity contribution in [3.05, 3.63) is 83.9 Å². The molecule has 0 fully saturated rings. The van der Waals surface area contributed by atoms with Gasteiger partial charge in [-0.2, -0.15) is 0 Å². The molecule has 0 spiro atoms. The smallest absolute Gasteiger partial charge is 0.00733 e. The van der Waals surface area contributed by atoms with Crippen LogP contribution in [-0.2, 0) is 0 Å². The molecule has 0 aliphatic heterocycles. The van der Waals surface area contributed by atoms with Crippen LogP contribution in [0.4, 0.5) is 0 Å². The van der Waals surface area contributed by atoms with Gasteiger partial charge in [-0.1, -0.05) is 86.6 Å². The highest BCUT2D eigenvalue weighted by atomic mass is 14.2. The maximum atomic E-state index is 2.26. The fourth-order valence-corrected chi connectivity index (χ4v) is 3.11. The van der Waals surface area contributed by atoms with Crippen molar-refractivity contribution in [3.63, 3.8) is 0 Å². The molecule has 0 amide bonds. The predicted octanol–water partition coefficient (Wildman–Crippen LogP) is 6.45. The van der Waals surface area contributed by atoms with Gasteiger partial charge < -0.3 is 0 Å². The Morgan fingerprint density at radius 2 is 1.27 bits per heavy atom. The van der Waals surface area contributed by atoms with Crippen molar-refractivity contribution in [2.24, 2.45) is 0 Å². The Bertz CT molecular complexity index is 767. The molecule has 0 saturated carbocycles. The monoisotopic (exact) mass is 286 g/mol. The van der Waals surface area contributed by atoms with Crippen molar-refractivity contribution in [1.82, 2.24) is 0 Å². The summed E-state index contributed by atoms with van der Waals surface area (Å²) in [7, 11) is 0. The molecule has 0 radical (unpaired) electrons. The molecule has 3 rings (SSSR count). The Balaban J connectivity index is 2.29. The molecule has 3 aromatic rings. The minimum atomic E-state index is 0.513. The molecular formula is C22H22. The van der Waals surface area contributed by atoms with E-state index in [0.29, 0.717) is 5.92 Å². The molecule has 0 unspecified atom stereocenters. The SMILES string of the molecule is Cc1cccc(-c2ccccc2)c1-c1ccccc1C(C)C. The second-order valence-electron chi connectivity index (χ2n) is 6.11. The van der Waals surface area contributed by atoms with Gasteiger partial charge in [0.05, 0.1) is 0 Å². The molecular weight excluding hydrogens is 264 g/mol. The Labute approximate surface area is 133 Å². The van der Waals surface area contributed by atoms with Crippen molar-refractivity contribution < 1.29 is 0 Å². The molecule has 3 aromatic carbocycles. The zero-order valence-electron chi connectivity index (χ0n) is 13.5. The second-order valence-corrected chi connectivity index (χ2v) is 6.11. The lowest BCUT2D eigenvalue weighted by atomic mass is 9.86. The lowest BCUT2D eigenvalue weighted by Crippen LogP contribution is -1.96. The van der Waals surface area contributed by atoms with E-state index >= 15 is 0 Å². The Kier molecular flexibility index (Phi) is 4.11. The van der Waals surface area contributed by atoms with Crippen molar-refractivity contribution in [3.8, 4) is 22.3 Å². The van der Waals surface area contributed by atoms with Gasteiger partial charge in [0.2, 0.25) is 0 Å². The lowest BCUT2D eigenvalue weighted by Gasteiger charge is -2.18. The van der Waals surface area contributed by atoms with E-state index in [2.05, 4.69) is 93.6 Å². The maximum Gasteiger partial charge on any atom is -0.00733 e. The summed E-state index contributed by atoms with van der Waals surface area (Å²) in [4.78, 5) is 0. The van der Waals surface area contributed by atoms with Crippen LogP contribution in [0.25, 0.3) is 22.3 Å². The first-order valence-corrected chi connectivity index (χ1v) is 7.93. The molecule has 110 valence electrons. The normalized spacial score (nSPS) is 10.9. The van der Waals surface area contributed by atoms with E-state index in [0.717, 1.165) is 0 Å². The van der Waals surface area contributed by atoms with Crippen LogP contribution in [-0.4, -0.2) is 0 Å². The zero-order chi connectivity index (χ0) is 15.5. The summed E-state index contributed by atoms with van der Waals surface area (Å²) in [6, 6.07) is 26.0. The Morgan fingerprint density at radius 1 is 0.636 bits per heavy atom. The van der Waals surface area contributed by atoms with Gasteiger partial charge in [-0.05, 0) is 46.2 Å². The summed E-state index contributed by atoms with van der Waals surface area (Å²) in [6.07, 6.45) is 0. The van der Waals surface area contributed by atoms with Crippen molar-refractivity contribution in [2.75, 3.05) is 0 Å². The van der Waals surface area contributed by atoms with Gasteiger partial charge in [-0.15, -0.1) is 0 Å². The molecule has 0 atom stereocenters. The van der Waals surface area contributed by atoms with Gasteiger partial charge in [0.25, 0.3) is 0 Å². The lowest BCUT2D eigenvalue weighted by molar-refractivity contribution is 0.869. The summed E-state index contributed by atoms with van der Waals surface area (Å²) in [6.45, 7) is 6.73. The maximum absolute atomic E-state index is 2.26. The van der Waals surface area contributed by atoms with Gasteiger partial charge in [0.15, 0.2) is 0 Å². The molecule has 0 heterocycles. The third-order valence-electron chi connectivity index (χ3n) is 4.21. The van der Waals surface area contributed by atoms with E-state index < -0.39 is 0 Å². The Hall–Kier alpha value is -2.34. The van der Waals surface area contributed by atoms with Crippen LogP contribution >= 0.6 is 0 Å². The van der Waals surface area contributed by atoms with Crippen LogP contribution in [0.3, 0.4) is 0 Å². The molecule has 22 heavy (non-hydrogen) atoms. The standard InChI is InChI=1S/C22H22/c1-16(2)19-13-7-8-14-21(19)22-17(3)10-9-15-20(22)18-11-5-4-6-12-18/h4-16H,1-3H3. The van der Waals surface area contributed by atoms with Gasteiger partial charge in [0, 0.05) is 0 Å². The average Bonchev–Trinajstić information content (AvgIpc) is 2.55. The largest absolute Gasteiger partial charge is 0.0622 e. The summed E-state index contributed by atoms with van der Waals surface area (Å²) in [5.74, 6) is 0.513. The summed E-state index contributed by atoms with van der Waals surface area (Å²) in [5, 5.41) is 0. The molecule has 0 aromatic heterocycles. The molecule has 0 nitrogen and oxygen atoms in total. The van der Waals surface area contributed by atoms with Crippen LogP contribution in [0.2, 0.25) is 0 Å². The quantitative estimate of drug-likeness (QED) is 0.519. The van der Waals surface area contributed by atoms with E-state index in [-0.39, 0.29) is 0 Å². The summed E-state index contributed by atoms with van der Waals surface area (Å²) >= 11 is 0. The highest BCUT2D eigenvalue weighted by molar-refractivity contribution is 5.87. The zero-order valence-corrected chi connectivity index (χ0v) is 13.5. The van der Waals surface area contributed by atoms with E-state index in [9.17, 15) is 0 Å². The topological polar surface area (TPSA) is 0 Å². The predicted molar refractivity (Wildman–Crippen MR) is 96.1 cm³/mol. The fourth-order valence-electron chi connectivity index (χ4n) is 3.11. The highest BCUT2D eigenvalue weighted by Crippen LogP contribution is 2.38. The third kappa shape index (κ3) is 2.69. The summed E-state index contributed by atoms with van der Waals surface area (Å²) < 4.78 is 0. The number of benzene rings is 3. The van der Waals surface area contributed by atoms with Crippen LogP contribution < -0.4 is 0 Å². The van der Waals surface area contributed by atoms with E-state index in [1.807, 2.05) is 0 Å². The minimum absolute atomic E-state index is 0.513. The van der Waals surface area contributed by atoms with E-state index in [4.69, 9.17) is 0 Å². The van der Waals surface area contributed by atoms with Gasteiger partial charge >= 0.3 is 0 Å². The third-order valence-corrected chi connectivity index (χ3v) is 4.21. The fraction of sp³-hybridized carbons (Fsp3) is 0.182. The van der Waals surface area contributed by atoms with Crippen LogP contribution in [0, 0.1) is 6.92 Å². The molecule has 0 N–H and O–H groups in total. The number of hydrogen-bond donors (Lipinski definition) is 0. The minimum Gasteiger partial charge on any atom is -0.0622 e. The Morgan fingerprint density at radius 3 is 2.00 bits per heavy atom. The van der Waals surface area contributed by atoms with Crippen molar-refractivity contribution in [1.29, 1.82) is 0 Å². The summed E-state index contributed by atoms with van der Waals surface area (Å²) in [5.41, 5.74) is 8.05.